The van der Waals surface area contributed by atoms with Gasteiger partial charge in [0.2, 0.25) is 0 Å². The van der Waals surface area contributed by atoms with Gasteiger partial charge in [0, 0.05) is 18.7 Å². The van der Waals surface area contributed by atoms with Gasteiger partial charge in [-0.3, -0.25) is 0 Å². The van der Waals surface area contributed by atoms with Gasteiger partial charge in [0.1, 0.15) is 12.4 Å². The Morgan fingerprint density at radius 2 is 1.96 bits per heavy atom. The summed E-state index contributed by atoms with van der Waals surface area (Å²) in [4.78, 5) is 0. The summed E-state index contributed by atoms with van der Waals surface area (Å²) in [5.41, 5.74) is 1.54. The maximum absolute atomic E-state index is 13.1. The maximum atomic E-state index is 13.1. The number of halogens is 3. The Morgan fingerprint density at radius 3 is 2.62 bits per heavy atom. The molecular formula is C17H18Cl2FNO3. The molecule has 0 fully saturated rings. The molecule has 0 atom stereocenters. The fourth-order valence-corrected chi connectivity index (χ4v) is 2.63. The summed E-state index contributed by atoms with van der Waals surface area (Å²) in [5.74, 6) is 0.478. The van der Waals surface area contributed by atoms with Gasteiger partial charge in [-0.15, -0.1) is 0 Å². The van der Waals surface area contributed by atoms with Crippen molar-refractivity contribution in [1.82, 2.24) is 5.32 Å². The van der Waals surface area contributed by atoms with Crippen molar-refractivity contribution >= 4 is 23.2 Å². The Labute approximate surface area is 150 Å². The number of aliphatic hydroxyl groups excluding tert-OH is 1. The SMILES string of the molecule is COc1cc(CNCCO)cc(Cl)c1OCc1ccc(F)cc1Cl. The van der Waals surface area contributed by atoms with Crippen LogP contribution >= 0.6 is 23.2 Å². The number of aliphatic hydroxyl groups is 1. The van der Waals surface area contributed by atoms with E-state index in [0.717, 1.165) is 5.56 Å². The molecule has 4 nitrogen and oxygen atoms in total. The lowest BCUT2D eigenvalue weighted by Gasteiger charge is -2.15. The molecule has 0 aromatic heterocycles. The molecule has 0 spiro atoms. The van der Waals surface area contributed by atoms with E-state index in [-0.39, 0.29) is 18.2 Å². The van der Waals surface area contributed by atoms with Crippen molar-refractivity contribution in [2.24, 2.45) is 0 Å². The van der Waals surface area contributed by atoms with Crippen molar-refractivity contribution in [3.05, 3.63) is 57.3 Å². The third-order valence-electron chi connectivity index (χ3n) is 3.29. The molecule has 7 heteroatoms. The number of hydrogen-bond acceptors (Lipinski definition) is 4. The Hall–Kier alpha value is -1.53. The van der Waals surface area contributed by atoms with Crippen molar-refractivity contribution in [3.63, 3.8) is 0 Å². The monoisotopic (exact) mass is 373 g/mol. The zero-order chi connectivity index (χ0) is 17.5. The predicted molar refractivity (Wildman–Crippen MR) is 92.5 cm³/mol. The van der Waals surface area contributed by atoms with Crippen LogP contribution in [0.3, 0.4) is 0 Å². The van der Waals surface area contributed by atoms with Gasteiger partial charge >= 0.3 is 0 Å². The van der Waals surface area contributed by atoms with Gasteiger partial charge in [-0.1, -0.05) is 29.3 Å². The van der Waals surface area contributed by atoms with Crippen LogP contribution in [0.25, 0.3) is 0 Å². The molecule has 0 heterocycles. The first-order chi connectivity index (χ1) is 11.5. The molecule has 130 valence electrons. The van der Waals surface area contributed by atoms with Crippen LogP contribution in [0.2, 0.25) is 10.0 Å². The molecule has 0 bridgehead atoms. The summed E-state index contributed by atoms with van der Waals surface area (Å²) < 4.78 is 24.1. The fourth-order valence-electron chi connectivity index (χ4n) is 2.12. The van der Waals surface area contributed by atoms with Gasteiger partial charge in [-0.2, -0.15) is 0 Å². The second kappa shape index (κ2) is 9.08. The van der Waals surface area contributed by atoms with Gasteiger partial charge in [0.05, 0.1) is 23.8 Å². The molecule has 2 N–H and O–H groups in total. The van der Waals surface area contributed by atoms with Crippen LogP contribution in [-0.2, 0) is 13.2 Å². The average molecular weight is 374 g/mol. The average Bonchev–Trinajstić information content (AvgIpc) is 2.55. The first-order valence-corrected chi connectivity index (χ1v) is 8.05. The molecule has 0 radical (unpaired) electrons. The van der Waals surface area contributed by atoms with Gasteiger partial charge in [0.15, 0.2) is 11.5 Å². The summed E-state index contributed by atoms with van der Waals surface area (Å²) in [6.07, 6.45) is 0. The molecule has 0 aliphatic rings. The van der Waals surface area contributed by atoms with E-state index in [4.69, 9.17) is 37.8 Å². The van der Waals surface area contributed by atoms with E-state index < -0.39 is 5.82 Å². The van der Waals surface area contributed by atoms with E-state index in [1.165, 1.54) is 19.2 Å². The smallest absolute Gasteiger partial charge is 0.180 e. The van der Waals surface area contributed by atoms with E-state index in [1.54, 1.807) is 18.2 Å². The third kappa shape index (κ3) is 4.98. The molecular weight excluding hydrogens is 356 g/mol. The molecule has 24 heavy (non-hydrogen) atoms. The van der Waals surface area contributed by atoms with Crippen molar-refractivity contribution < 1.29 is 19.0 Å². The summed E-state index contributed by atoms with van der Waals surface area (Å²) in [6.45, 7) is 1.23. The highest BCUT2D eigenvalue weighted by atomic mass is 35.5. The lowest BCUT2D eigenvalue weighted by atomic mass is 10.2. The Morgan fingerprint density at radius 1 is 1.17 bits per heavy atom. The molecule has 2 aromatic carbocycles. The quantitative estimate of drug-likeness (QED) is 0.691. The van der Waals surface area contributed by atoms with Crippen molar-refractivity contribution in [3.8, 4) is 11.5 Å². The highest BCUT2D eigenvalue weighted by molar-refractivity contribution is 6.32. The third-order valence-corrected chi connectivity index (χ3v) is 3.93. The molecule has 0 aliphatic carbocycles. The number of methoxy groups -OCH3 is 1. The zero-order valence-electron chi connectivity index (χ0n) is 13.1. The van der Waals surface area contributed by atoms with Crippen molar-refractivity contribution in [1.29, 1.82) is 0 Å². The number of benzene rings is 2. The van der Waals surface area contributed by atoms with Crippen LogP contribution in [0.4, 0.5) is 4.39 Å². The van der Waals surface area contributed by atoms with E-state index in [1.807, 2.05) is 0 Å². The van der Waals surface area contributed by atoms with Crippen LogP contribution < -0.4 is 14.8 Å². The Balaban J connectivity index is 2.14. The van der Waals surface area contributed by atoms with Crippen molar-refractivity contribution in [2.45, 2.75) is 13.2 Å². The summed E-state index contributed by atoms with van der Waals surface area (Å²) in [5, 5.41) is 12.5. The maximum Gasteiger partial charge on any atom is 0.180 e. The second-order valence-corrected chi connectivity index (χ2v) is 5.85. The van der Waals surface area contributed by atoms with E-state index in [2.05, 4.69) is 5.32 Å². The predicted octanol–water partition coefficient (Wildman–Crippen LogP) is 3.80. The molecule has 0 unspecified atom stereocenters. The minimum atomic E-state index is -0.404. The minimum absolute atomic E-state index is 0.0600. The standard InChI is InChI=1S/C17H18Cl2FNO3/c1-23-16-7-11(9-21-4-5-22)6-15(19)17(16)24-10-12-2-3-13(20)8-14(12)18/h2-3,6-8,21-22H,4-5,9-10H2,1H3. The van der Waals surface area contributed by atoms with Crippen LogP contribution in [0.5, 0.6) is 11.5 Å². The highest BCUT2D eigenvalue weighted by Gasteiger charge is 2.13. The largest absolute Gasteiger partial charge is 0.493 e. The fraction of sp³-hybridized carbons (Fsp3) is 0.294. The number of hydrogen-bond donors (Lipinski definition) is 2. The summed E-state index contributed by atoms with van der Waals surface area (Å²) >= 11 is 12.3. The topological polar surface area (TPSA) is 50.7 Å². The summed E-state index contributed by atoms with van der Waals surface area (Å²) in [6, 6.07) is 7.67. The van der Waals surface area contributed by atoms with Crippen LogP contribution in [0, 0.1) is 5.82 Å². The second-order valence-electron chi connectivity index (χ2n) is 5.03. The van der Waals surface area contributed by atoms with Crippen LogP contribution in [0.15, 0.2) is 30.3 Å². The molecule has 0 saturated heterocycles. The number of nitrogens with one attached hydrogen (secondary N) is 1. The van der Waals surface area contributed by atoms with E-state index in [0.29, 0.717) is 35.2 Å². The number of rotatable bonds is 8. The van der Waals surface area contributed by atoms with Gasteiger partial charge < -0.3 is 19.9 Å². The Kier molecular flexibility index (Phi) is 7.12. The lowest BCUT2D eigenvalue weighted by Crippen LogP contribution is -2.17. The van der Waals surface area contributed by atoms with Gasteiger partial charge in [0.25, 0.3) is 0 Å². The first kappa shape index (κ1) is 18.8. The van der Waals surface area contributed by atoms with Crippen LogP contribution in [-0.4, -0.2) is 25.4 Å². The lowest BCUT2D eigenvalue weighted by molar-refractivity contribution is 0.284. The summed E-state index contributed by atoms with van der Waals surface area (Å²) in [7, 11) is 1.52. The molecule has 0 saturated carbocycles. The normalized spacial score (nSPS) is 10.7. The highest BCUT2D eigenvalue weighted by Crippen LogP contribution is 2.37. The molecule has 0 amide bonds. The van der Waals surface area contributed by atoms with Gasteiger partial charge in [-0.25, -0.2) is 4.39 Å². The molecule has 2 rings (SSSR count). The Bertz CT molecular complexity index is 698. The number of ether oxygens (including phenoxy) is 2. The first-order valence-electron chi connectivity index (χ1n) is 7.30. The molecule has 0 aliphatic heterocycles. The molecule has 2 aromatic rings. The van der Waals surface area contributed by atoms with Crippen molar-refractivity contribution in [2.75, 3.05) is 20.3 Å². The zero-order valence-corrected chi connectivity index (χ0v) is 14.6. The minimum Gasteiger partial charge on any atom is -0.493 e. The van der Waals surface area contributed by atoms with E-state index >= 15 is 0 Å². The van der Waals surface area contributed by atoms with Gasteiger partial charge in [-0.05, 0) is 29.8 Å². The van der Waals surface area contributed by atoms with Crippen LogP contribution in [0.1, 0.15) is 11.1 Å². The van der Waals surface area contributed by atoms with E-state index in [9.17, 15) is 4.39 Å².